The number of anilines is 1. The number of hydrogen-bond donors (Lipinski definition) is 1. The van der Waals surface area contributed by atoms with Crippen LogP contribution in [0.3, 0.4) is 0 Å². The van der Waals surface area contributed by atoms with E-state index in [9.17, 15) is 13.6 Å². The Morgan fingerprint density at radius 3 is 1.71 bits per heavy atom. The minimum absolute atomic E-state index is 0.0695. The Morgan fingerprint density at radius 2 is 1.29 bits per heavy atom. The van der Waals surface area contributed by atoms with Gasteiger partial charge in [-0.05, 0) is 47.5 Å². The molecular weight excluding hydrogens is 405 g/mol. The summed E-state index contributed by atoms with van der Waals surface area (Å²) in [4.78, 5) is 13.2. The van der Waals surface area contributed by atoms with Gasteiger partial charge in [-0.25, -0.2) is 8.78 Å². The van der Waals surface area contributed by atoms with Crippen LogP contribution >= 0.6 is 23.2 Å². The Kier molecular flexibility index (Phi) is 6.17. The first kappa shape index (κ1) is 20.1. The largest absolute Gasteiger partial charge is 0.365 e. The van der Waals surface area contributed by atoms with E-state index < -0.39 is 23.1 Å². The van der Waals surface area contributed by atoms with Crippen LogP contribution in [0.1, 0.15) is 21.5 Å². The van der Waals surface area contributed by atoms with Crippen LogP contribution in [0.15, 0.2) is 60.7 Å². The maximum Gasteiger partial charge on any atom is 0.254 e. The topological polar surface area (TPSA) is 46.3 Å². The number of primary amides is 1. The van der Waals surface area contributed by atoms with Crippen LogP contribution in [-0.4, -0.2) is 5.91 Å². The highest BCUT2D eigenvalue weighted by molar-refractivity contribution is 6.30. The summed E-state index contributed by atoms with van der Waals surface area (Å²) in [7, 11) is 0. The van der Waals surface area contributed by atoms with Gasteiger partial charge in [0, 0.05) is 23.1 Å². The molecule has 0 spiro atoms. The second kappa shape index (κ2) is 8.59. The lowest BCUT2D eigenvalue weighted by atomic mass is 10.1. The van der Waals surface area contributed by atoms with E-state index in [1.54, 1.807) is 29.2 Å². The zero-order valence-electron chi connectivity index (χ0n) is 14.6. The molecule has 0 aliphatic rings. The molecule has 0 saturated heterocycles. The van der Waals surface area contributed by atoms with Crippen molar-refractivity contribution in [2.75, 3.05) is 4.90 Å². The van der Waals surface area contributed by atoms with Gasteiger partial charge in [0.2, 0.25) is 0 Å². The minimum Gasteiger partial charge on any atom is -0.365 e. The van der Waals surface area contributed by atoms with Crippen molar-refractivity contribution in [2.24, 2.45) is 5.73 Å². The Hall–Kier alpha value is -2.63. The van der Waals surface area contributed by atoms with Crippen LogP contribution < -0.4 is 10.6 Å². The van der Waals surface area contributed by atoms with Gasteiger partial charge in [-0.3, -0.25) is 4.79 Å². The number of nitrogens with zero attached hydrogens (tertiary/aromatic N) is 1. The number of nitrogens with two attached hydrogens (primary N) is 1. The van der Waals surface area contributed by atoms with Gasteiger partial charge in [-0.1, -0.05) is 47.5 Å². The molecule has 0 bridgehead atoms. The predicted molar refractivity (Wildman–Crippen MR) is 108 cm³/mol. The number of benzene rings is 3. The second-order valence-corrected chi connectivity index (χ2v) is 7.10. The van der Waals surface area contributed by atoms with E-state index in [-0.39, 0.29) is 5.69 Å². The second-order valence-electron chi connectivity index (χ2n) is 6.23. The van der Waals surface area contributed by atoms with Crippen molar-refractivity contribution in [3.63, 3.8) is 0 Å². The van der Waals surface area contributed by atoms with Gasteiger partial charge in [-0.15, -0.1) is 0 Å². The molecule has 1 amide bonds. The lowest BCUT2D eigenvalue weighted by molar-refractivity contribution is 0.0992. The summed E-state index contributed by atoms with van der Waals surface area (Å²) < 4.78 is 28.8. The van der Waals surface area contributed by atoms with Gasteiger partial charge < -0.3 is 10.6 Å². The molecule has 3 aromatic carbocycles. The number of amides is 1. The molecule has 2 N–H and O–H groups in total. The summed E-state index contributed by atoms with van der Waals surface area (Å²) in [6.45, 7) is 0.612. The molecule has 0 aromatic heterocycles. The molecule has 0 fully saturated rings. The zero-order chi connectivity index (χ0) is 20.3. The van der Waals surface area contributed by atoms with E-state index >= 15 is 0 Å². The van der Waals surface area contributed by atoms with Crippen molar-refractivity contribution in [1.29, 1.82) is 0 Å². The van der Waals surface area contributed by atoms with Gasteiger partial charge in [-0.2, -0.15) is 0 Å². The lowest BCUT2D eigenvalue weighted by Gasteiger charge is -2.26. The summed E-state index contributed by atoms with van der Waals surface area (Å²) in [5, 5.41) is 1.16. The number of carbonyl (C=O) groups is 1. The SMILES string of the molecule is NC(=O)c1c(F)ccc(N(Cc2ccc(Cl)cc2)Cc2ccc(Cl)cc2)c1F. The normalized spacial score (nSPS) is 10.7. The molecule has 0 radical (unpaired) electrons. The molecule has 3 aromatic rings. The Labute approximate surface area is 171 Å². The lowest BCUT2D eigenvalue weighted by Crippen LogP contribution is -2.25. The van der Waals surface area contributed by atoms with E-state index in [4.69, 9.17) is 28.9 Å². The van der Waals surface area contributed by atoms with Gasteiger partial charge in [0.05, 0.1) is 5.69 Å². The van der Waals surface area contributed by atoms with Crippen LogP contribution in [-0.2, 0) is 13.1 Å². The summed E-state index contributed by atoms with van der Waals surface area (Å²) in [6.07, 6.45) is 0. The van der Waals surface area contributed by atoms with E-state index in [1.807, 2.05) is 24.3 Å². The Bertz CT molecular complexity index is 945. The molecule has 0 heterocycles. The van der Waals surface area contributed by atoms with Crippen LogP contribution in [0.5, 0.6) is 0 Å². The summed E-state index contributed by atoms with van der Waals surface area (Å²) in [5.74, 6) is -3.14. The highest BCUT2D eigenvalue weighted by Gasteiger charge is 2.22. The third-order valence-electron chi connectivity index (χ3n) is 4.23. The average molecular weight is 421 g/mol. The van der Waals surface area contributed by atoms with Gasteiger partial charge >= 0.3 is 0 Å². The van der Waals surface area contributed by atoms with Crippen molar-refractivity contribution in [1.82, 2.24) is 0 Å². The number of carbonyl (C=O) groups excluding carboxylic acids is 1. The van der Waals surface area contributed by atoms with Crippen molar-refractivity contribution in [3.05, 3.63) is 99.0 Å². The van der Waals surface area contributed by atoms with E-state index in [0.29, 0.717) is 23.1 Å². The summed E-state index contributed by atoms with van der Waals surface area (Å²) in [6, 6.07) is 16.5. The predicted octanol–water partition coefficient (Wildman–Crippen LogP) is 5.58. The molecular formula is C21H16Cl2F2N2O. The molecule has 144 valence electrons. The average Bonchev–Trinajstić information content (AvgIpc) is 2.65. The monoisotopic (exact) mass is 420 g/mol. The number of hydrogen-bond acceptors (Lipinski definition) is 2. The van der Waals surface area contributed by atoms with E-state index in [0.717, 1.165) is 17.2 Å². The number of rotatable bonds is 6. The van der Waals surface area contributed by atoms with Gasteiger partial charge in [0.25, 0.3) is 5.91 Å². The first-order valence-corrected chi connectivity index (χ1v) is 9.12. The molecule has 3 rings (SSSR count). The maximum absolute atomic E-state index is 14.9. The van der Waals surface area contributed by atoms with Crippen LogP contribution in [0, 0.1) is 11.6 Å². The molecule has 7 heteroatoms. The molecule has 0 aliphatic heterocycles. The van der Waals surface area contributed by atoms with Crippen molar-refractivity contribution < 1.29 is 13.6 Å². The van der Waals surface area contributed by atoms with Gasteiger partial charge in [0.15, 0.2) is 5.82 Å². The standard InChI is InChI=1S/C21H16Cl2F2N2O/c22-15-5-1-13(2-6-15)11-27(12-14-3-7-16(23)8-4-14)18-10-9-17(24)19(20(18)25)21(26)28/h1-10H,11-12H2,(H2,26,28). The van der Waals surface area contributed by atoms with Crippen LogP contribution in [0.4, 0.5) is 14.5 Å². The van der Waals surface area contributed by atoms with Gasteiger partial charge in [0.1, 0.15) is 11.4 Å². The first-order valence-electron chi connectivity index (χ1n) is 8.37. The highest BCUT2D eigenvalue weighted by atomic mass is 35.5. The Balaban J connectivity index is 2.02. The summed E-state index contributed by atoms with van der Waals surface area (Å²) >= 11 is 11.9. The molecule has 3 nitrogen and oxygen atoms in total. The smallest absolute Gasteiger partial charge is 0.254 e. The van der Waals surface area contributed by atoms with Crippen molar-refractivity contribution in [3.8, 4) is 0 Å². The van der Waals surface area contributed by atoms with Crippen molar-refractivity contribution >= 4 is 34.8 Å². The third-order valence-corrected chi connectivity index (χ3v) is 4.74. The fraction of sp³-hybridized carbons (Fsp3) is 0.0952. The fourth-order valence-electron chi connectivity index (χ4n) is 2.86. The van der Waals surface area contributed by atoms with E-state index in [2.05, 4.69) is 0 Å². The molecule has 0 saturated carbocycles. The zero-order valence-corrected chi connectivity index (χ0v) is 16.1. The first-order chi connectivity index (χ1) is 13.3. The third kappa shape index (κ3) is 4.61. The highest BCUT2D eigenvalue weighted by Crippen LogP contribution is 2.28. The van der Waals surface area contributed by atoms with Crippen LogP contribution in [0.25, 0.3) is 0 Å². The Morgan fingerprint density at radius 1 is 0.821 bits per heavy atom. The molecule has 0 aliphatic carbocycles. The van der Waals surface area contributed by atoms with E-state index in [1.165, 1.54) is 6.07 Å². The molecule has 0 unspecified atom stereocenters. The summed E-state index contributed by atoms with van der Waals surface area (Å²) in [5.41, 5.74) is 6.20. The molecule has 28 heavy (non-hydrogen) atoms. The number of halogens is 4. The molecule has 0 atom stereocenters. The maximum atomic E-state index is 14.9. The van der Waals surface area contributed by atoms with Crippen molar-refractivity contribution in [2.45, 2.75) is 13.1 Å². The van der Waals surface area contributed by atoms with Crippen LogP contribution in [0.2, 0.25) is 10.0 Å². The quantitative estimate of drug-likeness (QED) is 0.565. The fourth-order valence-corrected chi connectivity index (χ4v) is 3.11. The minimum atomic E-state index is -1.16.